The molecule has 3 heterocycles. The molecule has 8 heteroatoms. The number of anilines is 1. The lowest BCUT2D eigenvalue weighted by molar-refractivity contribution is 0.0702. The molecule has 0 saturated carbocycles. The lowest BCUT2D eigenvalue weighted by Gasteiger charge is -2.26. The van der Waals surface area contributed by atoms with Crippen LogP contribution in [0.2, 0.25) is 0 Å². The second kappa shape index (κ2) is 6.43. The van der Waals surface area contributed by atoms with E-state index in [0.29, 0.717) is 18.7 Å². The molecule has 7 nitrogen and oxygen atoms in total. The predicted octanol–water partition coefficient (Wildman–Crippen LogP) is 0.726. The van der Waals surface area contributed by atoms with Crippen molar-refractivity contribution in [3.63, 3.8) is 0 Å². The van der Waals surface area contributed by atoms with Gasteiger partial charge in [0, 0.05) is 31.7 Å². The summed E-state index contributed by atoms with van der Waals surface area (Å²) >= 11 is 0. The van der Waals surface area contributed by atoms with Crippen molar-refractivity contribution < 1.29 is 13.2 Å². The Balaban J connectivity index is 1.79. The molecule has 2 saturated heterocycles. The van der Waals surface area contributed by atoms with E-state index in [2.05, 4.69) is 14.9 Å². The molecule has 0 aromatic carbocycles. The Bertz CT molecular complexity index is 686. The molecule has 1 amide bonds. The number of carbonyl (C=O) groups is 1. The molecule has 23 heavy (non-hydrogen) atoms. The first-order chi connectivity index (χ1) is 11.0. The SMILES string of the molecule is CCN(C(=O)c1cc(N2CCCC2)ncn1)C1CCS(=O)(=O)C1. The lowest BCUT2D eigenvalue weighted by Crippen LogP contribution is -2.41. The zero-order valence-electron chi connectivity index (χ0n) is 13.3. The zero-order chi connectivity index (χ0) is 16.4. The van der Waals surface area contributed by atoms with Gasteiger partial charge in [-0.1, -0.05) is 0 Å². The van der Waals surface area contributed by atoms with Crippen LogP contribution in [0.4, 0.5) is 5.82 Å². The fraction of sp³-hybridized carbons (Fsp3) is 0.667. The lowest BCUT2D eigenvalue weighted by atomic mass is 10.2. The smallest absolute Gasteiger partial charge is 0.272 e. The Hall–Kier alpha value is -1.70. The number of sulfone groups is 1. The van der Waals surface area contributed by atoms with Crippen LogP contribution in [0.15, 0.2) is 12.4 Å². The third-order valence-electron chi connectivity index (χ3n) is 4.55. The van der Waals surface area contributed by atoms with E-state index >= 15 is 0 Å². The van der Waals surface area contributed by atoms with Crippen molar-refractivity contribution in [2.75, 3.05) is 36.0 Å². The minimum Gasteiger partial charge on any atom is -0.357 e. The largest absolute Gasteiger partial charge is 0.357 e. The Morgan fingerprint density at radius 2 is 2.09 bits per heavy atom. The van der Waals surface area contributed by atoms with E-state index in [9.17, 15) is 13.2 Å². The van der Waals surface area contributed by atoms with Crippen LogP contribution in [0.3, 0.4) is 0 Å². The molecule has 2 aliphatic heterocycles. The summed E-state index contributed by atoms with van der Waals surface area (Å²) in [7, 11) is -3.02. The van der Waals surface area contributed by atoms with Gasteiger partial charge in [0.15, 0.2) is 9.84 Å². The van der Waals surface area contributed by atoms with E-state index in [1.165, 1.54) is 6.33 Å². The maximum atomic E-state index is 12.8. The van der Waals surface area contributed by atoms with Crippen LogP contribution >= 0.6 is 0 Å². The fourth-order valence-electron chi connectivity index (χ4n) is 3.32. The van der Waals surface area contributed by atoms with Gasteiger partial charge in [-0.2, -0.15) is 0 Å². The summed E-state index contributed by atoms with van der Waals surface area (Å²) in [5.74, 6) is 0.773. The topological polar surface area (TPSA) is 83.5 Å². The van der Waals surface area contributed by atoms with Gasteiger partial charge in [-0.25, -0.2) is 18.4 Å². The molecule has 0 aliphatic carbocycles. The van der Waals surface area contributed by atoms with E-state index in [-0.39, 0.29) is 23.5 Å². The third kappa shape index (κ3) is 3.46. The Morgan fingerprint density at radius 3 is 2.70 bits per heavy atom. The molecule has 0 radical (unpaired) electrons. The molecule has 1 aromatic rings. The van der Waals surface area contributed by atoms with Gasteiger partial charge in [-0.15, -0.1) is 0 Å². The zero-order valence-corrected chi connectivity index (χ0v) is 14.1. The number of rotatable bonds is 4. The number of carbonyl (C=O) groups excluding carboxylic acids is 1. The monoisotopic (exact) mass is 338 g/mol. The van der Waals surface area contributed by atoms with E-state index in [4.69, 9.17) is 0 Å². The molecule has 1 atom stereocenters. The third-order valence-corrected chi connectivity index (χ3v) is 6.30. The van der Waals surface area contributed by atoms with Gasteiger partial charge in [-0.3, -0.25) is 4.79 Å². The molecule has 1 aromatic heterocycles. The predicted molar refractivity (Wildman–Crippen MR) is 87.2 cm³/mol. The average molecular weight is 338 g/mol. The van der Waals surface area contributed by atoms with Crippen LogP contribution in [0.25, 0.3) is 0 Å². The molecule has 0 spiro atoms. The minimum absolute atomic E-state index is 0.0522. The maximum Gasteiger partial charge on any atom is 0.272 e. The summed E-state index contributed by atoms with van der Waals surface area (Å²) in [5, 5.41) is 0. The second-order valence-corrected chi connectivity index (χ2v) is 8.33. The highest BCUT2D eigenvalue weighted by molar-refractivity contribution is 7.91. The molecule has 1 unspecified atom stereocenters. The highest BCUT2D eigenvalue weighted by Crippen LogP contribution is 2.21. The van der Waals surface area contributed by atoms with E-state index in [1.807, 2.05) is 6.92 Å². The quantitative estimate of drug-likeness (QED) is 0.805. The Kier molecular flexibility index (Phi) is 4.52. The van der Waals surface area contributed by atoms with E-state index in [0.717, 1.165) is 31.7 Å². The van der Waals surface area contributed by atoms with Gasteiger partial charge in [-0.05, 0) is 26.2 Å². The summed E-state index contributed by atoms with van der Waals surface area (Å²) in [6, 6.07) is 1.47. The van der Waals surface area contributed by atoms with Crippen molar-refractivity contribution in [2.45, 2.75) is 32.2 Å². The average Bonchev–Trinajstić information content (AvgIpc) is 3.18. The summed E-state index contributed by atoms with van der Waals surface area (Å²) in [6.45, 7) is 4.24. The Morgan fingerprint density at radius 1 is 1.35 bits per heavy atom. The minimum atomic E-state index is -3.02. The molecule has 0 N–H and O–H groups in total. The first-order valence-corrected chi connectivity index (χ1v) is 9.90. The molecule has 126 valence electrons. The molecular weight excluding hydrogens is 316 g/mol. The molecule has 2 fully saturated rings. The van der Waals surface area contributed by atoms with Gasteiger partial charge in [0.25, 0.3) is 5.91 Å². The van der Waals surface area contributed by atoms with Gasteiger partial charge in [0.05, 0.1) is 11.5 Å². The van der Waals surface area contributed by atoms with Crippen LogP contribution in [-0.4, -0.2) is 66.4 Å². The van der Waals surface area contributed by atoms with Crippen molar-refractivity contribution >= 4 is 21.6 Å². The van der Waals surface area contributed by atoms with E-state index < -0.39 is 9.84 Å². The highest BCUT2D eigenvalue weighted by Gasteiger charge is 2.34. The van der Waals surface area contributed by atoms with Crippen molar-refractivity contribution in [2.24, 2.45) is 0 Å². The summed E-state index contributed by atoms with van der Waals surface area (Å²) in [6.07, 6.45) is 4.19. The van der Waals surface area contributed by atoms with Crippen LogP contribution in [-0.2, 0) is 9.84 Å². The van der Waals surface area contributed by atoms with Crippen LogP contribution in [0.5, 0.6) is 0 Å². The van der Waals surface area contributed by atoms with Gasteiger partial charge >= 0.3 is 0 Å². The number of aromatic nitrogens is 2. The standard InChI is InChI=1S/C15H22N4O3S/c1-2-19(12-5-8-23(21,22)10-12)15(20)13-9-14(17-11-16-13)18-6-3-4-7-18/h9,11-12H,2-8,10H2,1H3. The molecular formula is C15H22N4O3S. The Labute approximate surface area is 136 Å². The molecule has 0 bridgehead atoms. The number of amides is 1. The van der Waals surface area contributed by atoms with Crippen molar-refractivity contribution in [3.05, 3.63) is 18.1 Å². The van der Waals surface area contributed by atoms with Gasteiger partial charge < -0.3 is 9.80 Å². The fourth-order valence-corrected chi connectivity index (χ4v) is 5.05. The van der Waals surface area contributed by atoms with Crippen LogP contribution in [0, 0.1) is 0 Å². The van der Waals surface area contributed by atoms with Crippen LogP contribution in [0.1, 0.15) is 36.7 Å². The summed E-state index contributed by atoms with van der Waals surface area (Å²) < 4.78 is 23.4. The number of nitrogens with zero attached hydrogens (tertiary/aromatic N) is 4. The maximum absolute atomic E-state index is 12.8. The highest BCUT2D eigenvalue weighted by atomic mass is 32.2. The normalized spacial score (nSPS) is 23.2. The van der Waals surface area contributed by atoms with Crippen molar-refractivity contribution in [1.29, 1.82) is 0 Å². The van der Waals surface area contributed by atoms with Crippen molar-refractivity contribution in [1.82, 2.24) is 14.9 Å². The first-order valence-electron chi connectivity index (χ1n) is 8.08. The van der Waals surface area contributed by atoms with Gasteiger partial charge in [0.1, 0.15) is 17.8 Å². The summed E-state index contributed by atoms with van der Waals surface area (Å²) in [5.41, 5.74) is 0.341. The van der Waals surface area contributed by atoms with E-state index in [1.54, 1.807) is 11.0 Å². The number of hydrogen-bond donors (Lipinski definition) is 0. The first kappa shape index (κ1) is 16.2. The summed E-state index contributed by atoms with van der Waals surface area (Å²) in [4.78, 5) is 24.9. The van der Waals surface area contributed by atoms with Crippen molar-refractivity contribution in [3.8, 4) is 0 Å². The second-order valence-electron chi connectivity index (χ2n) is 6.10. The number of hydrogen-bond acceptors (Lipinski definition) is 6. The molecule has 2 aliphatic rings. The molecule has 3 rings (SSSR count). The van der Waals surface area contributed by atoms with Gasteiger partial charge in [0.2, 0.25) is 0 Å². The van der Waals surface area contributed by atoms with Crippen LogP contribution < -0.4 is 4.90 Å².